The summed E-state index contributed by atoms with van der Waals surface area (Å²) in [5.41, 5.74) is 0. The van der Waals surface area contributed by atoms with Crippen LogP contribution in [0.1, 0.15) is 233 Å². The average molecular weight is 1030 g/mol. The van der Waals surface area contributed by atoms with E-state index in [1.165, 1.54) is 77.0 Å². The van der Waals surface area contributed by atoms with Gasteiger partial charge in [-0.2, -0.15) is 0 Å². The van der Waals surface area contributed by atoms with Crippen LogP contribution in [-0.4, -0.2) is 99.6 Å². The molecular formula is C62H107NO10. The van der Waals surface area contributed by atoms with E-state index in [9.17, 15) is 35.1 Å². The quantitative estimate of drug-likeness (QED) is 0.0195. The van der Waals surface area contributed by atoms with Crippen LogP contribution in [0.15, 0.2) is 85.1 Å². The van der Waals surface area contributed by atoms with Crippen molar-refractivity contribution in [2.45, 2.75) is 282 Å². The summed E-state index contributed by atoms with van der Waals surface area (Å²) >= 11 is 0. The Hall–Kier alpha value is -3.16. The Labute approximate surface area is 444 Å². The summed E-state index contributed by atoms with van der Waals surface area (Å²) in [6.45, 7) is 5.61. The van der Waals surface area contributed by atoms with E-state index < -0.39 is 67.4 Å². The second kappa shape index (κ2) is 49.7. The van der Waals surface area contributed by atoms with Crippen LogP contribution >= 0.6 is 0 Å². The van der Waals surface area contributed by atoms with Crippen LogP contribution in [-0.2, 0) is 23.8 Å². The number of amides is 1. The molecule has 0 bridgehead atoms. The fourth-order valence-corrected chi connectivity index (χ4v) is 8.61. The van der Waals surface area contributed by atoms with Crippen molar-refractivity contribution in [2.24, 2.45) is 0 Å². The van der Waals surface area contributed by atoms with Gasteiger partial charge in [-0.25, -0.2) is 0 Å². The number of aliphatic hydroxyl groups excluding tert-OH is 5. The minimum Gasteiger partial charge on any atom is -0.454 e. The molecule has 11 heteroatoms. The van der Waals surface area contributed by atoms with Crippen LogP contribution in [0, 0.1) is 0 Å². The first kappa shape index (κ1) is 67.9. The predicted octanol–water partition coefficient (Wildman–Crippen LogP) is 13.4. The highest BCUT2D eigenvalue weighted by molar-refractivity contribution is 5.80. The Kier molecular flexibility index (Phi) is 46.2. The summed E-state index contributed by atoms with van der Waals surface area (Å²) in [5, 5.41) is 56.8. The number of esters is 1. The van der Waals surface area contributed by atoms with Crippen molar-refractivity contribution >= 4 is 11.9 Å². The first-order valence-corrected chi connectivity index (χ1v) is 29.4. The van der Waals surface area contributed by atoms with Crippen molar-refractivity contribution in [2.75, 3.05) is 13.2 Å². The summed E-state index contributed by atoms with van der Waals surface area (Å²) in [6.07, 6.45) is 53.4. The van der Waals surface area contributed by atoms with Gasteiger partial charge in [-0.3, -0.25) is 9.59 Å². The second-order valence-electron chi connectivity index (χ2n) is 20.0. The molecule has 0 aromatic heterocycles. The summed E-state index contributed by atoms with van der Waals surface area (Å²) in [6, 6.07) is -1.04. The Balaban J connectivity index is 2.74. The third-order valence-electron chi connectivity index (χ3n) is 13.3. The maximum absolute atomic E-state index is 13.4. The smallest absolute Gasteiger partial charge is 0.306 e. The molecule has 1 fully saturated rings. The highest BCUT2D eigenvalue weighted by Gasteiger charge is 2.47. The van der Waals surface area contributed by atoms with E-state index in [1.54, 1.807) is 6.08 Å². The molecule has 73 heavy (non-hydrogen) atoms. The van der Waals surface area contributed by atoms with E-state index in [-0.39, 0.29) is 19.4 Å². The van der Waals surface area contributed by atoms with Crippen molar-refractivity contribution in [3.8, 4) is 0 Å². The maximum Gasteiger partial charge on any atom is 0.306 e. The monoisotopic (exact) mass is 1030 g/mol. The molecule has 0 saturated carbocycles. The van der Waals surface area contributed by atoms with Gasteiger partial charge in [-0.1, -0.05) is 215 Å². The molecule has 1 aliphatic rings. The van der Waals surface area contributed by atoms with Gasteiger partial charge in [0.15, 0.2) is 12.4 Å². The number of carbonyl (C=O) groups is 2. The first-order valence-electron chi connectivity index (χ1n) is 29.4. The van der Waals surface area contributed by atoms with Crippen LogP contribution in [0.5, 0.6) is 0 Å². The van der Waals surface area contributed by atoms with E-state index in [0.29, 0.717) is 12.8 Å². The van der Waals surface area contributed by atoms with Crippen LogP contribution in [0.4, 0.5) is 0 Å². The SMILES string of the molecule is CC/C=C/C/C=C/CCCCCCCCC(O)C(=O)NC(COC1OC(CO)C(O)C(O)C1OC(=O)CCCCC/C=C\C/C=C\C/C=C\C/C=C\CCCCC)C(O)/C=C/CCCCCCCCCCCC. The second-order valence-corrected chi connectivity index (χ2v) is 20.0. The van der Waals surface area contributed by atoms with Gasteiger partial charge in [0.1, 0.15) is 24.4 Å². The number of rotatable bonds is 48. The molecule has 0 aromatic carbocycles. The van der Waals surface area contributed by atoms with Gasteiger partial charge in [0.25, 0.3) is 0 Å². The van der Waals surface area contributed by atoms with Gasteiger partial charge in [-0.05, 0) is 96.3 Å². The molecule has 0 aromatic rings. The van der Waals surface area contributed by atoms with Gasteiger partial charge in [0, 0.05) is 6.42 Å². The van der Waals surface area contributed by atoms with E-state index in [1.807, 2.05) is 6.08 Å². The molecule has 1 heterocycles. The third kappa shape index (κ3) is 38.1. The molecule has 8 unspecified atom stereocenters. The molecule has 11 nitrogen and oxygen atoms in total. The predicted molar refractivity (Wildman–Crippen MR) is 301 cm³/mol. The lowest BCUT2D eigenvalue weighted by Gasteiger charge is -2.41. The number of hydrogen-bond acceptors (Lipinski definition) is 10. The Bertz CT molecular complexity index is 1510. The number of nitrogens with one attached hydrogen (secondary N) is 1. The molecule has 0 aliphatic carbocycles. The minimum absolute atomic E-state index is 0.0816. The van der Waals surface area contributed by atoms with Crippen LogP contribution in [0.25, 0.3) is 0 Å². The number of unbranched alkanes of at least 4 members (excludes halogenated alkanes) is 22. The van der Waals surface area contributed by atoms with Crippen molar-refractivity contribution in [1.29, 1.82) is 0 Å². The summed E-state index contributed by atoms with van der Waals surface area (Å²) < 4.78 is 17.5. The Morgan fingerprint density at radius 2 is 0.986 bits per heavy atom. The van der Waals surface area contributed by atoms with Gasteiger partial charge >= 0.3 is 5.97 Å². The fraction of sp³-hybridized carbons (Fsp3) is 0.742. The fourth-order valence-electron chi connectivity index (χ4n) is 8.61. The molecule has 0 radical (unpaired) electrons. The topological polar surface area (TPSA) is 175 Å². The lowest BCUT2D eigenvalue weighted by atomic mass is 9.99. The van der Waals surface area contributed by atoms with E-state index in [0.717, 1.165) is 109 Å². The lowest BCUT2D eigenvalue weighted by molar-refractivity contribution is -0.305. The Morgan fingerprint density at radius 3 is 1.51 bits per heavy atom. The normalized spacial score (nSPS) is 20.0. The largest absolute Gasteiger partial charge is 0.454 e. The maximum atomic E-state index is 13.4. The Morgan fingerprint density at radius 1 is 0.548 bits per heavy atom. The zero-order valence-corrected chi connectivity index (χ0v) is 46.2. The first-order chi connectivity index (χ1) is 35.7. The number of carbonyl (C=O) groups excluding carboxylic acids is 2. The number of allylic oxidation sites excluding steroid dienone is 13. The lowest BCUT2D eigenvalue weighted by Crippen LogP contribution is -2.61. The van der Waals surface area contributed by atoms with E-state index >= 15 is 0 Å². The molecule has 1 amide bonds. The molecule has 420 valence electrons. The van der Waals surface area contributed by atoms with Crippen LogP contribution in [0.2, 0.25) is 0 Å². The number of aliphatic hydroxyl groups is 5. The van der Waals surface area contributed by atoms with Crippen molar-refractivity contribution in [3.63, 3.8) is 0 Å². The highest BCUT2D eigenvalue weighted by atomic mass is 16.7. The summed E-state index contributed by atoms with van der Waals surface area (Å²) in [4.78, 5) is 26.5. The van der Waals surface area contributed by atoms with Crippen LogP contribution < -0.4 is 5.32 Å². The standard InChI is InChI=1S/C62H107NO10/c1-4-7-10-13-16-19-22-25-26-27-28-29-30-32-35-38-41-44-47-50-57(67)73-60-59(69)58(68)56(51-64)72-62(60)71-52-53(54(65)48-45-42-39-36-33-24-21-18-15-12-9-6-3)63-61(70)55(66)49-46-43-40-37-34-31-23-20-17-14-11-8-5-2/h8,11,16-17,19-20,25-26,28-29,32,35,45,48,53-56,58-60,62,64-66,68-69H,4-7,9-10,12-15,18,21-24,27,30-31,33-34,36-44,46-47,49-52H2,1-3H3,(H,63,70)/b11-8+,19-16-,20-17+,26-25-,29-28-,35-32-,48-45+. The highest BCUT2D eigenvalue weighted by Crippen LogP contribution is 2.26. The zero-order valence-electron chi connectivity index (χ0n) is 46.2. The van der Waals surface area contributed by atoms with Gasteiger partial charge < -0.3 is 45.1 Å². The number of hydrogen-bond donors (Lipinski definition) is 6. The van der Waals surface area contributed by atoms with Crippen LogP contribution in [0.3, 0.4) is 0 Å². The average Bonchev–Trinajstić information content (AvgIpc) is 3.39. The van der Waals surface area contributed by atoms with E-state index in [4.69, 9.17) is 14.2 Å². The molecule has 6 N–H and O–H groups in total. The van der Waals surface area contributed by atoms with Gasteiger partial charge in [-0.15, -0.1) is 0 Å². The molecule has 0 spiro atoms. The minimum atomic E-state index is -1.63. The summed E-state index contributed by atoms with van der Waals surface area (Å²) in [7, 11) is 0. The summed E-state index contributed by atoms with van der Waals surface area (Å²) in [5.74, 6) is -1.24. The van der Waals surface area contributed by atoms with Gasteiger partial charge in [0.2, 0.25) is 5.91 Å². The molecular weight excluding hydrogens is 919 g/mol. The molecule has 8 atom stereocenters. The molecule has 1 rings (SSSR count). The molecule has 1 saturated heterocycles. The third-order valence-corrected chi connectivity index (χ3v) is 13.3. The van der Waals surface area contributed by atoms with E-state index in [2.05, 4.69) is 99.0 Å². The van der Waals surface area contributed by atoms with Crippen molar-refractivity contribution in [3.05, 3.63) is 85.1 Å². The zero-order chi connectivity index (χ0) is 53.3. The molecule has 1 aliphatic heterocycles. The van der Waals surface area contributed by atoms with Crippen molar-refractivity contribution < 1.29 is 49.3 Å². The number of ether oxygens (including phenoxy) is 3. The van der Waals surface area contributed by atoms with Crippen molar-refractivity contribution in [1.82, 2.24) is 5.32 Å². The van der Waals surface area contributed by atoms with Gasteiger partial charge in [0.05, 0.1) is 25.4 Å².